The van der Waals surface area contributed by atoms with E-state index in [1.807, 2.05) is 0 Å². The molecule has 0 spiro atoms. The first-order chi connectivity index (χ1) is 7.88. The predicted octanol–water partition coefficient (Wildman–Crippen LogP) is -0.310. The summed E-state index contributed by atoms with van der Waals surface area (Å²) in [7, 11) is 0. The van der Waals surface area contributed by atoms with Crippen LogP contribution in [-0.4, -0.2) is 43.9 Å². The Kier molecular flexibility index (Phi) is 2.28. The summed E-state index contributed by atoms with van der Waals surface area (Å²) in [6.45, 7) is 0.310. The summed E-state index contributed by atoms with van der Waals surface area (Å²) in [5.41, 5.74) is 1.33. The van der Waals surface area contributed by atoms with E-state index in [9.17, 15) is 0 Å². The Morgan fingerprint density at radius 1 is 1.50 bits per heavy atom. The van der Waals surface area contributed by atoms with Crippen molar-refractivity contribution in [3.05, 3.63) is 18.9 Å². The van der Waals surface area contributed by atoms with Crippen LogP contribution in [0, 0.1) is 0 Å². The number of hydrogen-bond acceptors (Lipinski definition) is 6. The molecule has 0 bridgehead atoms. The van der Waals surface area contributed by atoms with Crippen LogP contribution in [0.5, 0.6) is 0 Å². The van der Waals surface area contributed by atoms with Crippen LogP contribution in [0.25, 0.3) is 11.2 Å². The van der Waals surface area contributed by atoms with E-state index in [1.54, 1.807) is 17.1 Å². The second-order valence-corrected chi connectivity index (χ2v) is 3.46. The first-order valence-electron chi connectivity index (χ1n) is 4.89. The van der Waals surface area contributed by atoms with Gasteiger partial charge in [0.25, 0.3) is 0 Å². The van der Waals surface area contributed by atoms with Gasteiger partial charge in [-0.15, -0.1) is 0 Å². The Morgan fingerprint density at radius 2 is 2.44 bits per heavy atom. The van der Waals surface area contributed by atoms with Crippen LogP contribution in [0.4, 0.5) is 0 Å². The predicted molar refractivity (Wildman–Crippen MR) is 52.3 cm³/mol. The lowest BCUT2D eigenvalue weighted by molar-refractivity contribution is -0.117. The van der Waals surface area contributed by atoms with E-state index in [4.69, 9.17) is 14.6 Å². The number of imidazole rings is 1. The smallest absolute Gasteiger partial charge is 0.247 e. The van der Waals surface area contributed by atoms with Crippen LogP contribution in [0.2, 0.25) is 0 Å². The van der Waals surface area contributed by atoms with Gasteiger partial charge >= 0.3 is 0 Å². The summed E-state index contributed by atoms with van der Waals surface area (Å²) in [5, 5.41) is 8.94. The molecule has 2 aromatic heterocycles. The van der Waals surface area contributed by atoms with Crippen molar-refractivity contribution >= 4 is 11.2 Å². The molecule has 7 nitrogen and oxygen atoms in total. The van der Waals surface area contributed by atoms with Gasteiger partial charge < -0.3 is 14.6 Å². The third kappa shape index (κ3) is 1.45. The molecule has 0 aromatic carbocycles. The van der Waals surface area contributed by atoms with Gasteiger partial charge in [-0.2, -0.15) is 0 Å². The highest BCUT2D eigenvalue weighted by atomic mass is 16.7. The Hall–Kier alpha value is -1.57. The Labute approximate surface area is 90.7 Å². The molecule has 0 aliphatic carbocycles. The summed E-state index contributed by atoms with van der Waals surface area (Å²) >= 11 is 0. The van der Waals surface area contributed by atoms with Gasteiger partial charge in [0.1, 0.15) is 24.3 Å². The van der Waals surface area contributed by atoms with Crippen molar-refractivity contribution in [3.63, 3.8) is 0 Å². The van der Waals surface area contributed by atoms with Crippen molar-refractivity contribution in [1.29, 1.82) is 0 Å². The highest BCUT2D eigenvalue weighted by molar-refractivity contribution is 5.68. The summed E-state index contributed by atoms with van der Waals surface area (Å²) in [5.74, 6) is 0. The average Bonchev–Trinajstić information content (AvgIpc) is 2.94. The molecule has 2 aromatic rings. The fourth-order valence-corrected chi connectivity index (χ4v) is 1.61. The molecule has 1 aliphatic rings. The third-order valence-corrected chi connectivity index (χ3v) is 2.40. The van der Waals surface area contributed by atoms with Crippen LogP contribution in [0.3, 0.4) is 0 Å². The van der Waals surface area contributed by atoms with E-state index >= 15 is 0 Å². The van der Waals surface area contributed by atoms with Crippen molar-refractivity contribution in [2.75, 3.05) is 13.2 Å². The number of ether oxygens (including phenoxy) is 2. The normalized spacial score (nSPS) is 25.3. The summed E-state index contributed by atoms with van der Waals surface area (Å²) in [6.07, 6.45) is 3.79. The molecule has 2 atom stereocenters. The zero-order valence-electron chi connectivity index (χ0n) is 8.35. The molecule has 3 heterocycles. The number of rotatable bonds is 2. The van der Waals surface area contributed by atoms with Crippen molar-refractivity contribution in [1.82, 2.24) is 19.5 Å². The van der Waals surface area contributed by atoms with Crippen LogP contribution in [0.1, 0.15) is 6.41 Å². The second-order valence-electron chi connectivity index (χ2n) is 3.46. The van der Waals surface area contributed by atoms with Gasteiger partial charge in [-0.3, -0.25) is 4.57 Å². The van der Waals surface area contributed by atoms with Crippen molar-refractivity contribution in [2.45, 2.75) is 12.5 Å². The van der Waals surface area contributed by atoms with Crippen molar-refractivity contribution < 1.29 is 14.6 Å². The van der Waals surface area contributed by atoms with E-state index in [0.29, 0.717) is 17.8 Å². The average molecular weight is 222 g/mol. The van der Waals surface area contributed by atoms with Gasteiger partial charge in [0, 0.05) is 0 Å². The molecule has 84 valence electrons. The molecule has 1 N–H and O–H groups in total. The molecule has 3 rings (SSSR count). The zero-order chi connectivity index (χ0) is 11.0. The molecule has 0 radical (unpaired) electrons. The number of nitrogens with zero attached hydrogens (tertiary/aromatic N) is 4. The maximum absolute atomic E-state index is 8.94. The van der Waals surface area contributed by atoms with Crippen LogP contribution < -0.4 is 0 Å². The maximum atomic E-state index is 8.94. The van der Waals surface area contributed by atoms with Gasteiger partial charge in [0.05, 0.1) is 19.4 Å². The lowest BCUT2D eigenvalue weighted by atomic mass is 10.4. The van der Waals surface area contributed by atoms with Crippen LogP contribution >= 0.6 is 0 Å². The Morgan fingerprint density at radius 3 is 3.25 bits per heavy atom. The van der Waals surface area contributed by atoms with E-state index in [-0.39, 0.29) is 12.7 Å². The Balaban J connectivity index is 1.95. The van der Waals surface area contributed by atoms with Crippen LogP contribution in [0.15, 0.2) is 18.9 Å². The molecule has 0 unspecified atom stereocenters. The minimum Gasteiger partial charge on any atom is -0.394 e. The minimum absolute atomic E-state index is 0.0574. The minimum atomic E-state index is -0.572. The first-order valence-corrected chi connectivity index (χ1v) is 4.89. The number of hydrogen-bond donors (Lipinski definition) is 1. The molecule has 1 fully saturated rings. The third-order valence-electron chi connectivity index (χ3n) is 2.40. The molecular weight excluding hydrogens is 212 g/mol. The van der Waals surface area contributed by atoms with Crippen LogP contribution in [-0.2, 0) is 9.47 Å². The molecule has 1 aliphatic heterocycles. The summed E-state index contributed by atoms with van der Waals surface area (Å²) in [4.78, 5) is 12.1. The van der Waals surface area contributed by atoms with E-state index < -0.39 is 6.41 Å². The largest absolute Gasteiger partial charge is 0.394 e. The first kappa shape index (κ1) is 9.64. The maximum Gasteiger partial charge on any atom is 0.247 e. The van der Waals surface area contributed by atoms with E-state index in [2.05, 4.69) is 15.0 Å². The number of fused-ring (bicyclic) bond motifs is 1. The molecule has 7 heteroatoms. The standard InChI is InChI=1S/C9H10N4O3/c14-2-6-3-15-9(16-6)13-5-12-7-1-10-4-11-8(7)13/h1,4-6,9,14H,2-3H2/t6-,9+/m1/s1. The quantitative estimate of drug-likeness (QED) is 0.750. The van der Waals surface area contributed by atoms with Gasteiger partial charge in [0.2, 0.25) is 6.41 Å². The van der Waals surface area contributed by atoms with Gasteiger partial charge in [0.15, 0.2) is 5.65 Å². The molecule has 0 saturated carbocycles. The fraction of sp³-hybridized carbons (Fsp3) is 0.444. The zero-order valence-corrected chi connectivity index (χ0v) is 8.35. The number of aliphatic hydroxyl groups is 1. The molecule has 0 amide bonds. The number of aliphatic hydroxyl groups excluding tert-OH is 1. The summed E-state index contributed by atoms with van der Waals surface area (Å²) < 4.78 is 12.5. The van der Waals surface area contributed by atoms with E-state index in [0.717, 1.165) is 0 Å². The van der Waals surface area contributed by atoms with Gasteiger partial charge in [-0.1, -0.05) is 0 Å². The highest BCUT2D eigenvalue weighted by Gasteiger charge is 2.28. The summed E-state index contributed by atoms with van der Waals surface area (Å²) in [6, 6.07) is 0. The lowest BCUT2D eigenvalue weighted by Crippen LogP contribution is -2.15. The topological polar surface area (TPSA) is 82.3 Å². The monoisotopic (exact) mass is 222 g/mol. The molecule has 16 heavy (non-hydrogen) atoms. The highest BCUT2D eigenvalue weighted by Crippen LogP contribution is 2.23. The van der Waals surface area contributed by atoms with Crippen molar-refractivity contribution in [2.24, 2.45) is 0 Å². The Bertz CT molecular complexity index is 500. The fourth-order valence-electron chi connectivity index (χ4n) is 1.61. The molecular formula is C9H10N4O3. The molecule has 1 saturated heterocycles. The van der Waals surface area contributed by atoms with Gasteiger partial charge in [-0.25, -0.2) is 15.0 Å². The van der Waals surface area contributed by atoms with Crippen molar-refractivity contribution in [3.8, 4) is 0 Å². The SMILES string of the molecule is OC[C@@H]1CO[C@H](n2cnc3cncnc32)O1. The second kappa shape index (κ2) is 3.78. The van der Waals surface area contributed by atoms with E-state index in [1.165, 1.54) is 6.33 Å². The van der Waals surface area contributed by atoms with Gasteiger partial charge in [-0.05, 0) is 0 Å². The lowest BCUT2D eigenvalue weighted by Gasteiger charge is -2.11. The number of aromatic nitrogens is 4.